The number of hydrogen-bond donors (Lipinski definition) is 0. The molecule has 0 N–H and O–H groups in total. The highest BCUT2D eigenvalue weighted by molar-refractivity contribution is 6.01. The largest absolute Gasteiger partial charge is 0.286 e. The first-order chi connectivity index (χ1) is 9.99. The normalized spacial score (nSPS) is 35.0. The van der Waals surface area contributed by atoms with E-state index in [-0.39, 0.29) is 0 Å². The molecule has 0 saturated heterocycles. The van der Waals surface area contributed by atoms with Crippen LogP contribution in [0.4, 0.5) is 0 Å². The van der Waals surface area contributed by atoms with Crippen molar-refractivity contribution in [2.45, 2.75) is 85.1 Å². The molecule has 2 aliphatic carbocycles. The van der Waals surface area contributed by atoms with Gasteiger partial charge in [0, 0.05) is 11.6 Å². The number of rotatable bonds is 4. The Morgan fingerprint density at radius 2 is 1.76 bits per heavy atom. The van der Waals surface area contributed by atoms with E-state index in [9.17, 15) is 0 Å². The summed E-state index contributed by atoms with van der Waals surface area (Å²) in [6, 6.07) is 0.560. The third kappa shape index (κ3) is 4.44. The summed E-state index contributed by atoms with van der Waals surface area (Å²) in [5, 5.41) is 0. The molecule has 2 saturated carbocycles. The van der Waals surface area contributed by atoms with Crippen LogP contribution in [0.1, 0.15) is 79.1 Å². The first kappa shape index (κ1) is 16.8. The van der Waals surface area contributed by atoms with E-state index >= 15 is 0 Å². The molecule has 0 amide bonds. The molecule has 21 heavy (non-hydrogen) atoms. The third-order valence-electron chi connectivity index (χ3n) is 5.85. The van der Waals surface area contributed by atoms with Crippen LogP contribution in [0, 0.1) is 23.7 Å². The molecule has 120 valence electrons. The van der Waals surface area contributed by atoms with E-state index in [1.165, 1.54) is 62.7 Å². The highest BCUT2D eigenvalue weighted by atomic mass is 14.8. The summed E-state index contributed by atoms with van der Waals surface area (Å²) in [6.07, 6.45) is 10.9. The van der Waals surface area contributed by atoms with Gasteiger partial charge in [0.05, 0.1) is 6.04 Å². The van der Waals surface area contributed by atoms with E-state index in [1.54, 1.807) is 0 Å². The molecule has 4 atom stereocenters. The van der Waals surface area contributed by atoms with E-state index in [1.807, 2.05) is 0 Å². The van der Waals surface area contributed by atoms with E-state index in [0.717, 1.165) is 17.8 Å². The Bertz CT molecular complexity index is 379. The molecule has 0 bridgehead atoms. The van der Waals surface area contributed by atoms with E-state index < -0.39 is 0 Å². The van der Waals surface area contributed by atoms with Crippen molar-refractivity contribution in [1.82, 2.24) is 0 Å². The average molecular weight is 290 g/mol. The summed E-state index contributed by atoms with van der Waals surface area (Å²) in [7, 11) is 0. The van der Waals surface area contributed by atoms with Gasteiger partial charge in [0.15, 0.2) is 0 Å². The molecule has 0 aliphatic heterocycles. The van der Waals surface area contributed by atoms with Crippen LogP contribution in [-0.4, -0.2) is 11.8 Å². The predicted molar refractivity (Wildman–Crippen MR) is 94.0 cm³/mol. The lowest BCUT2D eigenvalue weighted by atomic mass is 9.73. The molecule has 0 heterocycles. The molecule has 1 nitrogen and oxygen atoms in total. The molecule has 0 aromatic rings. The minimum Gasteiger partial charge on any atom is -0.286 e. The van der Waals surface area contributed by atoms with E-state index in [0.29, 0.717) is 12.0 Å². The third-order valence-corrected chi connectivity index (χ3v) is 5.85. The van der Waals surface area contributed by atoms with Gasteiger partial charge in [-0.05, 0) is 55.9 Å². The number of nitrogens with zero attached hydrogens (tertiary/aromatic N) is 1. The maximum Gasteiger partial charge on any atom is 0.0528 e. The average Bonchev–Trinajstić information content (AvgIpc) is 2.46. The summed E-state index contributed by atoms with van der Waals surface area (Å²) in [4.78, 5) is 5.25. The summed E-state index contributed by atoms with van der Waals surface area (Å²) < 4.78 is 0. The Hall–Kier alpha value is -0.590. The first-order valence-electron chi connectivity index (χ1n) is 9.22. The minimum absolute atomic E-state index is 0.560. The predicted octanol–water partition coefficient (Wildman–Crippen LogP) is 6.04. The van der Waals surface area contributed by atoms with E-state index in [2.05, 4.69) is 34.3 Å². The van der Waals surface area contributed by atoms with Gasteiger partial charge in [-0.1, -0.05) is 53.0 Å². The molecule has 2 aliphatic rings. The fraction of sp³-hybridized carbons (Fsp3) is 0.850. The lowest BCUT2D eigenvalue weighted by Gasteiger charge is -2.34. The smallest absolute Gasteiger partial charge is 0.0528 e. The number of hydrogen-bond acceptors (Lipinski definition) is 1. The summed E-state index contributed by atoms with van der Waals surface area (Å²) in [5.41, 5.74) is 2.60. The summed E-state index contributed by atoms with van der Waals surface area (Å²) >= 11 is 0. The fourth-order valence-electron chi connectivity index (χ4n) is 4.31. The second kappa shape index (κ2) is 7.61. The van der Waals surface area contributed by atoms with Crippen molar-refractivity contribution in [3.05, 3.63) is 12.2 Å². The Morgan fingerprint density at radius 1 is 1.05 bits per heavy atom. The number of aliphatic imine (C=N–C) groups is 1. The van der Waals surface area contributed by atoms with Crippen molar-refractivity contribution < 1.29 is 0 Å². The van der Waals surface area contributed by atoms with Crippen molar-refractivity contribution in [2.75, 3.05) is 0 Å². The monoisotopic (exact) mass is 289 g/mol. The van der Waals surface area contributed by atoms with Crippen molar-refractivity contribution in [3.63, 3.8) is 0 Å². The Morgan fingerprint density at radius 3 is 2.38 bits per heavy atom. The van der Waals surface area contributed by atoms with Gasteiger partial charge in [0.1, 0.15) is 0 Å². The zero-order valence-electron chi connectivity index (χ0n) is 14.7. The van der Waals surface area contributed by atoms with Gasteiger partial charge >= 0.3 is 0 Å². The lowest BCUT2D eigenvalue weighted by Crippen LogP contribution is -2.29. The first-order valence-corrected chi connectivity index (χ1v) is 9.22. The van der Waals surface area contributed by atoms with Gasteiger partial charge in [-0.2, -0.15) is 0 Å². The standard InChI is InChI=1S/C20H35N/c1-14(2)17-10-8-11-18(13-17)20(15(3)4)21-19-12-7-6-9-16(19)5/h14,16-19H,3,6-13H2,1-2,4-5H3. The van der Waals surface area contributed by atoms with Gasteiger partial charge < -0.3 is 0 Å². The van der Waals surface area contributed by atoms with Crippen LogP contribution in [0.3, 0.4) is 0 Å². The SMILES string of the molecule is C=C(C)C(=NC1CCCCC1C)C1CCCC(C(C)C)C1. The van der Waals surface area contributed by atoms with Crippen molar-refractivity contribution in [2.24, 2.45) is 28.7 Å². The highest BCUT2D eigenvalue weighted by Gasteiger charge is 2.29. The highest BCUT2D eigenvalue weighted by Crippen LogP contribution is 2.36. The molecule has 0 radical (unpaired) electrons. The van der Waals surface area contributed by atoms with Crippen molar-refractivity contribution >= 4 is 5.71 Å². The Labute approximate surface area is 132 Å². The molecule has 0 aromatic heterocycles. The van der Waals surface area contributed by atoms with Gasteiger partial charge in [-0.3, -0.25) is 4.99 Å². The Balaban J connectivity index is 2.12. The molecule has 4 unspecified atom stereocenters. The molecule has 2 fully saturated rings. The van der Waals surface area contributed by atoms with Gasteiger partial charge in [0.2, 0.25) is 0 Å². The Kier molecular flexibility index (Phi) is 6.08. The van der Waals surface area contributed by atoms with Gasteiger partial charge in [0.25, 0.3) is 0 Å². The van der Waals surface area contributed by atoms with Crippen molar-refractivity contribution in [3.8, 4) is 0 Å². The maximum atomic E-state index is 5.25. The zero-order chi connectivity index (χ0) is 15.4. The zero-order valence-corrected chi connectivity index (χ0v) is 14.7. The topological polar surface area (TPSA) is 12.4 Å². The molecule has 0 spiro atoms. The molecule has 2 rings (SSSR count). The van der Waals surface area contributed by atoms with Crippen LogP contribution in [0.25, 0.3) is 0 Å². The van der Waals surface area contributed by atoms with Crippen LogP contribution in [0.15, 0.2) is 17.1 Å². The molecule has 1 heteroatoms. The molecular weight excluding hydrogens is 254 g/mol. The lowest BCUT2D eigenvalue weighted by molar-refractivity contribution is 0.249. The van der Waals surface area contributed by atoms with Gasteiger partial charge in [-0.15, -0.1) is 0 Å². The van der Waals surface area contributed by atoms with Crippen LogP contribution >= 0.6 is 0 Å². The molecular formula is C20H35N. The maximum absolute atomic E-state index is 5.25. The number of allylic oxidation sites excluding steroid dienone is 1. The van der Waals surface area contributed by atoms with E-state index in [4.69, 9.17) is 4.99 Å². The minimum atomic E-state index is 0.560. The van der Waals surface area contributed by atoms with Crippen LogP contribution in [0.2, 0.25) is 0 Å². The van der Waals surface area contributed by atoms with Crippen LogP contribution in [0.5, 0.6) is 0 Å². The molecule has 0 aromatic carbocycles. The van der Waals surface area contributed by atoms with Gasteiger partial charge in [-0.25, -0.2) is 0 Å². The second-order valence-corrected chi connectivity index (χ2v) is 7.99. The summed E-state index contributed by atoms with van der Waals surface area (Å²) in [5.74, 6) is 3.14. The fourth-order valence-corrected chi connectivity index (χ4v) is 4.31. The van der Waals surface area contributed by atoms with Crippen molar-refractivity contribution in [1.29, 1.82) is 0 Å². The van der Waals surface area contributed by atoms with Crippen LogP contribution in [-0.2, 0) is 0 Å². The van der Waals surface area contributed by atoms with Crippen LogP contribution < -0.4 is 0 Å². The summed E-state index contributed by atoms with van der Waals surface area (Å²) in [6.45, 7) is 13.6. The quantitative estimate of drug-likeness (QED) is 0.559. The second-order valence-electron chi connectivity index (χ2n) is 7.99.